The molecule has 1 aromatic rings. The summed E-state index contributed by atoms with van der Waals surface area (Å²) in [6.07, 6.45) is -4.28. The van der Waals surface area contributed by atoms with E-state index in [1.165, 1.54) is 28.2 Å². The number of carbonyl (C=O) groups excluding carboxylic acids is 1. The monoisotopic (exact) mass is 287 g/mol. The highest BCUT2D eigenvalue weighted by molar-refractivity contribution is 5.83. The number of amides is 1. The first-order valence-electron chi connectivity index (χ1n) is 6.32. The van der Waals surface area contributed by atoms with E-state index in [4.69, 9.17) is 5.73 Å². The van der Waals surface area contributed by atoms with E-state index in [-0.39, 0.29) is 37.1 Å². The molecule has 2 N–H and O–H groups in total. The van der Waals surface area contributed by atoms with Gasteiger partial charge in [0, 0.05) is 6.54 Å². The molecule has 0 aliphatic carbocycles. The Morgan fingerprint density at radius 1 is 1.35 bits per heavy atom. The molecule has 1 saturated heterocycles. The third kappa shape index (κ3) is 2.58. The second-order valence-corrected chi connectivity index (χ2v) is 4.72. The van der Waals surface area contributed by atoms with Crippen molar-refractivity contribution in [2.75, 3.05) is 18.1 Å². The van der Waals surface area contributed by atoms with Crippen molar-refractivity contribution in [3.05, 3.63) is 29.8 Å². The lowest BCUT2D eigenvalue weighted by Gasteiger charge is -2.34. The smallest absolute Gasteiger partial charge is 0.329 e. The van der Waals surface area contributed by atoms with Crippen molar-refractivity contribution < 1.29 is 18.0 Å². The van der Waals surface area contributed by atoms with Gasteiger partial charge in [0.2, 0.25) is 5.91 Å². The van der Waals surface area contributed by atoms with Crippen LogP contribution in [0.15, 0.2) is 24.3 Å². The number of benzene rings is 1. The predicted octanol–water partition coefficient (Wildman–Crippen LogP) is 2.01. The summed E-state index contributed by atoms with van der Waals surface area (Å²) in [5, 5.41) is 2.70. The molecule has 20 heavy (non-hydrogen) atoms. The van der Waals surface area contributed by atoms with Gasteiger partial charge < -0.3 is 5.73 Å². The zero-order chi connectivity index (χ0) is 14.9. The van der Waals surface area contributed by atoms with E-state index in [1.54, 1.807) is 6.92 Å². The van der Waals surface area contributed by atoms with Crippen LogP contribution in [0, 0.1) is 0 Å². The van der Waals surface area contributed by atoms with Gasteiger partial charge in [-0.2, -0.15) is 13.2 Å². The topological polar surface area (TPSA) is 49.6 Å². The van der Waals surface area contributed by atoms with E-state index in [9.17, 15) is 18.0 Å². The molecule has 0 radical (unpaired) electrons. The summed E-state index contributed by atoms with van der Waals surface area (Å²) in [6.45, 7) is 2.13. The SMILES string of the molecule is CC1CC(=O)N(CCN)N1c1ccccc1C(F)(F)F. The predicted molar refractivity (Wildman–Crippen MR) is 68.8 cm³/mol. The molecule has 0 aromatic heterocycles. The quantitative estimate of drug-likeness (QED) is 0.925. The number of anilines is 1. The van der Waals surface area contributed by atoms with Crippen LogP contribution in [0.3, 0.4) is 0 Å². The van der Waals surface area contributed by atoms with Gasteiger partial charge in [-0.3, -0.25) is 14.8 Å². The number of rotatable bonds is 3. The van der Waals surface area contributed by atoms with Crippen LogP contribution in [-0.4, -0.2) is 30.0 Å². The van der Waals surface area contributed by atoms with E-state index in [2.05, 4.69) is 0 Å². The number of hydrogen-bond donors (Lipinski definition) is 1. The van der Waals surface area contributed by atoms with Crippen LogP contribution in [0.25, 0.3) is 0 Å². The number of halogens is 3. The van der Waals surface area contributed by atoms with Crippen LogP contribution in [0.2, 0.25) is 0 Å². The molecule has 1 aliphatic heterocycles. The summed E-state index contributed by atoms with van der Waals surface area (Å²) in [7, 11) is 0. The average Bonchev–Trinajstić information content (AvgIpc) is 2.64. The Morgan fingerprint density at radius 2 is 2.00 bits per heavy atom. The van der Waals surface area contributed by atoms with Crippen molar-refractivity contribution in [3.63, 3.8) is 0 Å². The number of nitrogens with two attached hydrogens (primary N) is 1. The Morgan fingerprint density at radius 3 is 2.60 bits per heavy atom. The zero-order valence-electron chi connectivity index (χ0n) is 11.0. The molecule has 1 heterocycles. The lowest BCUT2D eigenvalue weighted by Crippen LogP contribution is -2.45. The molecule has 1 aromatic carbocycles. The average molecular weight is 287 g/mol. The highest BCUT2D eigenvalue weighted by Gasteiger charge is 2.41. The van der Waals surface area contributed by atoms with Gasteiger partial charge in [0.05, 0.1) is 30.3 Å². The molecule has 1 unspecified atom stereocenters. The van der Waals surface area contributed by atoms with Gasteiger partial charge in [-0.15, -0.1) is 0 Å². The van der Waals surface area contributed by atoms with Crippen LogP contribution < -0.4 is 10.7 Å². The van der Waals surface area contributed by atoms with E-state index in [0.717, 1.165) is 6.07 Å². The van der Waals surface area contributed by atoms with Crippen LogP contribution in [0.5, 0.6) is 0 Å². The van der Waals surface area contributed by atoms with Crippen molar-refractivity contribution in [1.29, 1.82) is 0 Å². The third-order valence-corrected chi connectivity index (χ3v) is 3.23. The molecule has 1 amide bonds. The number of nitrogens with zero attached hydrogens (tertiary/aromatic N) is 2. The minimum atomic E-state index is -4.46. The molecule has 4 nitrogen and oxygen atoms in total. The standard InChI is InChI=1S/C13H16F3N3O/c1-9-8-12(20)18(7-6-17)19(9)11-5-3-2-4-10(11)13(14,15)16/h2-5,9H,6-8,17H2,1H3. The number of para-hydroxylation sites is 1. The first-order chi connectivity index (χ1) is 9.36. The van der Waals surface area contributed by atoms with Crippen LogP contribution in [0.1, 0.15) is 18.9 Å². The Kier molecular flexibility index (Phi) is 3.89. The molecule has 0 spiro atoms. The van der Waals surface area contributed by atoms with Crippen molar-refractivity contribution in [2.45, 2.75) is 25.6 Å². The van der Waals surface area contributed by atoms with Gasteiger partial charge in [0.15, 0.2) is 0 Å². The van der Waals surface area contributed by atoms with E-state index < -0.39 is 11.7 Å². The minimum absolute atomic E-state index is 0.00759. The fourth-order valence-electron chi connectivity index (χ4n) is 2.44. The summed E-state index contributed by atoms with van der Waals surface area (Å²) in [5.41, 5.74) is 4.68. The van der Waals surface area contributed by atoms with Gasteiger partial charge in [-0.05, 0) is 19.1 Å². The molecule has 7 heteroatoms. The van der Waals surface area contributed by atoms with E-state index >= 15 is 0 Å². The number of carbonyl (C=O) groups is 1. The second kappa shape index (κ2) is 5.32. The Labute approximate surface area is 114 Å². The summed E-state index contributed by atoms with van der Waals surface area (Å²) >= 11 is 0. The molecule has 1 fully saturated rings. The Hall–Kier alpha value is -1.76. The fourth-order valence-corrected chi connectivity index (χ4v) is 2.44. The largest absolute Gasteiger partial charge is 0.418 e. The summed E-state index contributed by atoms with van der Waals surface area (Å²) in [6, 6.07) is 4.94. The van der Waals surface area contributed by atoms with Gasteiger partial charge in [0.1, 0.15) is 0 Å². The van der Waals surface area contributed by atoms with Crippen LogP contribution in [0.4, 0.5) is 18.9 Å². The summed E-state index contributed by atoms with van der Waals surface area (Å²) in [4.78, 5) is 11.9. The fraction of sp³-hybridized carbons (Fsp3) is 0.462. The minimum Gasteiger partial charge on any atom is -0.329 e. The lowest BCUT2D eigenvalue weighted by atomic mass is 10.1. The summed E-state index contributed by atoms with van der Waals surface area (Å²) < 4.78 is 39.3. The zero-order valence-corrected chi connectivity index (χ0v) is 11.0. The number of hydrazine groups is 1. The second-order valence-electron chi connectivity index (χ2n) is 4.72. The number of alkyl halides is 3. The maximum absolute atomic E-state index is 13.1. The molecular weight excluding hydrogens is 271 g/mol. The Bertz CT molecular complexity index is 504. The Balaban J connectivity index is 2.46. The molecule has 1 atom stereocenters. The lowest BCUT2D eigenvalue weighted by molar-refractivity contribution is -0.138. The first-order valence-corrected chi connectivity index (χ1v) is 6.32. The van der Waals surface area contributed by atoms with Crippen LogP contribution >= 0.6 is 0 Å². The van der Waals surface area contributed by atoms with Crippen molar-refractivity contribution in [3.8, 4) is 0 Å². The molecular formula is C13H16F3N3O. The van der Waals surface area contributed by atoms with Crippen molar-refractivity contribution >= 4 is 11.6 Å². The highest BCUT2D eigenvalue weighted by atomic mass is 19.4. The molecule has 0 saturated carbocycles. The van der Waals surface area contributed by atoms with Gasteiger partial charge in [-0.25, -0.2) is 0 Å². The van der Waals surface area contributed by atoms with Gasteiger partial charge >= 0.3 is 6.18 Å². The van der Waals surface area contributed by atoms with Crippen molar-refractivity contribution in [1.82, 2.24) is 5.01 Å². The third-order valence-electron chi connectivity index (χ3n) is 3.23. The molecule has 0 bridgehead atoms. The van der Waals surface area contributed by atoms with Gasteiger partial charge in [-0.1, -0.05) is 12.1 Å². The normalized spacial score (nSPS) is 19.9. The van der Waals surface area contributed by atoms with Gasteiger partial charge in [0.25, 0.3) is 0 Å². The maximum atomic E-state index is 13.1. The molecule has 1 aliphatic rings. The van der Waals surface area contributed by atoms with E-state index in [0.29, 0.717) is 0 Å². The number of hydrogen-bond acceptors (Lipinski definition) is 3. The van der Waals surface area contributed by atoms with E-state index in [1.807, 2.05) is 0 Å². The highest BCUT2D eigenvalue weighted by Crippen LogP contribution is 2.39. The maximum Gasteiger partial charge on any atom is 0.418 e. The van der Waals surface area contributed by atoms with Crippen molar-refractivity contribution in [2.24, 2.45) is 5.73 Å². The summed E-state index contributed by atoms with van der Waals surface area (Å²) in [5.74, 6) is -0.208. The van der Waals surface area contributed by atoms with Crippen LogP contribution in [-0.2, 0) is 11.0 Å². The molecule has 110 valence electrons. The molecule has 2 rings (SSSR count). The first kappa shape index (κ1) is 14.6.